The molecule has 4 heteroatoms. The van der Waals surface area contributed by atoms with Crippen molar-refractivity contribution in [1.29, 1.82) is 0 Å². The van der Waals surface area contributed by atoms with Crippen molar-refractivity contribution >= 4 is 18.4 Å². The van der Waals surface area contributed by atoms with Crippen LogP contribution in [-0.4, -0.2) is 9.55 Å². The second-order valence-electron chi connectivity index (χ2n) is 5.16. The molecule has 0 spiro atoms. The molecule has 3 rings (SSSR count). The highest BCUT2D eigenvalue weighted by Crippen LogP contribution is 2.14. The van der Waals surface area contributed by atoms with Gasteiger partial charge in [-0.1, -0.05) is 60.7 Å². The van der Waals surface area contributed by atoms with Gasteiger partial charge < -0.3 is 10.3 Å². The van der Waals surface area contributed by atoms with Crippen LogP contribution in [0.25, 0.3) is 0 Å². The van der Waals surface area contributed by atoms with E-state index < -0.39 is 0 Å². The Hall–Kier alpha value is -2.26. The van der Waals surface area contributed by atoms with Gasteiger partial charge in [-0.2, -0.15) is 0 Å². The first-order chi connectivity index (χ1) is 10.3. The molecule has 3 aromatic rings. The minimum atomic E-state index is 0. The van der Waals surface area contributed by atoms with Crippen molar-refractivity contribution in [1.82, 2.24) is 9.55 Å². The van der Waals surface area contributed by atoms with E-state index >= 15 is 0 Å². The fraction of sp³-hybridized carbons (Fsp3) is 0.167. The molecule has 2 aromatic carbocycles. The first-order valence-electron chi connectivity index (χ1n) is 7.20. The molecule has 3 nitrogen and oxygen atoms in total. The van der Waals surface area contributed by atoms with E-state index in [1.54, 1.807) is 0 Å². The minimum Gasteiger partial charge on any atom is -0.369 e. The largest absolute Gasteiger partial charge is 0.369 e. The van der Waals surface area contributed by atoms with Crippen molar-refractivity contribution in [2.75, 3.05) is 5.73 Å². The van der Waals surface area contributed by atoms with Crippen molar-refractivity contribution < 1.29 is 0 Å². The molecule has 0 saturated heterocycles. The SMILES string of the molecule is Cl.Nc1ncc(Cc2ccccc2)n1CCc1ccccc1. The first kappa shape index (κ1) is 16.1. The zero-order valence-electron chi connectivity index (χ0n) is 12.4. The van der Waals surface area contributed by atoms with Gasteiger partial charge in [0.1, 0.15) is 0 Å². The average Bonchev–Trinajstić information content (AvgIpc) is 2.87. The van der Waals surface area contributed by atoms with Gasteiger partial charge >= 0.3 is 0 Å². The van der Waals surface area contributed by atoms with Crippen molar-refractivity contribution in [3.05, 3.63) is 83.7 Å². The van der Waals surface area contributed by atoms with Gasteiger partial charge in [-0.15, -0.1) is 12.4 Å². The first-order valence-corrected chi connectivity index (χ1v) is 7.20. The molecule has 1 aromatic heterocycles. The highest BCUT2D eigenvalue weighted by atomic mass is 35.5. The third kappa shape index (κ3) is 3.89. The van der Waals surface area contributed by atoms with Crippen LogP contribution in [0.3, 0.4) is 0 Å². The van der Waals surface area contributed by atoms with Crippen LogP contribution >= 0.6 is 12.4 Å². The van der Waals surface area contributed by atoms with Gasteiger partial charge in [0.2, 0.25) is 0 Å². The molecule has 0 aliphatic heterocycles. The summed E-state index contributed by atoms with van der Waals surface area (Å²) in [5, 5.41) is 0. The van der Waals surface area contributed by atoms with Crippen LogP contribution in [0.1, 0.15) is 16.8 Å². The number of imidazole rings is 1. The van der Waals surface area contributed by atoms with Gasteiger partial charge in [-0.3, -0.25) is 0 Å². The minimum absolute atomic E-state index is 0. The normalized spacial score (nSPS) is 10.2. The highest BCUT2D eigenvalue weighted by molar-refractivity contribution is 5.85. The number of nitrogens with zero attached hydrogens (tertiary/aromatic N) is 2. The third-order valence-corrected chi connectivity index (χ3v) is 3.66. The maximum absolute atomic E-state index is 6.01. The molecule has 22 heavy (non-hydrogen) atoms. The van der Waals surface area contributed by atoms with Crippen LogP contribution in [0.4, 0.5) is 5.95 Å². The van der Waals surface area contributed by atoms with Gasteiger partial charge in [0.15, 0.2) is 5.95 Å². The summed E-state index contributed by atoms with van der Waals surface area (Å²) in [6.07, 6.45) is 3.70. The van der Waals surface area contributed by atoms with Crippen molar-refractivity contribution in [3.63, 3.8) is 0 Å². The van der Waals surface area contributed by atoms with Crippen LogP contribution in [0, 0.1) is 0 Å². The van der Waals surface area contributed by atoms with E-state index in [1.165, 1.54) is 11.1 Å². The summed E-state index contributed by atoms with van der Waals surface area (Å²) in [6.45, 7) is 0.859. The van der Waals surface area contributed by atoms with E-state index in [4.69, 9.17) is 5.73 Å². The molecule has 0 amide bonds. The highest BCUT2D eigenvalue weighted by Gasteiger charge is 2.08. The van der Waals surface area contributed by atoms with Crippen LogP contribution < -0.4 is 5.73 Å². The molecule has 0 bridgehead atoms. The summed E-state index contributed by atoms with van der Waals surface area (Å²) in [6, 6.07) is 20.9. The zero-order valence-corrected chi connectivity index (χ0v) is 13.2. The summed E-state index contributed by atoms with van der Waals surface area (Å²) >= 11 is 0. The number of aryl methyl sites for hydroxylation is 1. The Kier molecular flexibility index (Phi) is 5.61. The Morgan fingerprint density at radius 3 is 2.09 bits per heavy atom. The van der Waals surface area contributed by atoms with E-state index in [0.29, 0.717) is 5.95 Å². The van der Waals surface area contributed by atoms with Crippen molar-refractivity contribution in [2.24, 2.45) is 0 Å². The van der Waals surface area contributed by atoms with Crippen molar-refractivity contribution in [3.8, 4) is 0 Å². The number of nitrogen functional groups attached to an aromatic ring is 1. The Morgan fingerprint density at radius 1 is 0.864 bits per heavy atom. The Morgan fingerprint density at radius 2 is 1.45 bits per heavy atom. The number of aromatic nitrogens is 2. The van der Waals surface area contributed by atoms with Gasteiger partial charge in [0, 0.05) is 18.7 Å². The number of rotatable bonds is 5. The number of halogens is 1. The molecule has 0 atom stereocenters. The summed E-state index contributed by atoms with van der Waals surface area (Å²) in [7, 11) is 0. The fourth-order valence-corrected chi connectivity index (χ4v) is 2.52. The molecule has 0 saturated carbocycles. The lowest BCUT2D eigenvalue weighted by Gasteiger charge is -2.10. The maximum Gasteiger partial charge on any atom is 0.200 e. The maximum atomic E-state index is 6.01. The molecule has 0 radical (unpaired) electrons. The predicted molar refractivity (Wildman–Crippen MR) is 93.3 cm³/mol. The zero-order chi connectivity index (χ0) is 14.5. The van der Waals surface area contributed by atoms with E-state index in [0.717, 1.165) is 25.1 Å². The summed E-state index contributed by atoms with van der Waals surface area (Å²) in [5.74, 6) is 0.594. The van der Waals surface area contributed by atoms with Gasteiger partial charge in [0.25, 0.3) is 0 Å². The summed E-state index contributed by atoms with van der Waals surface area (Å²) in [5.41, 5.74) is 9.76. The second kappa shape index (κ2) is 7.66. The number of benzene rings is 2. The van der Waals surface area contributed by atoms with Gasteiger partial charge in [-0.05, 0) is 17.5 Å². The lowest BCUT2D eigenvalue weighted by Crippen LogP contribution is -2.09. The molecule has 1 heterocycles. The van der Waals surface area contributed by atoms with Crippen LogP contribution in [0.5, 0.6) is 0 Å². The Bertz CT molecular complexity index is 693. The molecule has 0 unspecified atom stereocenters. The Labute approximate surface area is 137 Å². The van der Waals surface area contributed by atoms with Crippen LogP contribution in [0.15, 0.2) is 66.9 Å². The summed E-state index contributed by atoms with van der Waals surface area (Å²) < 4.78 is 2.11. The standard InChI is InChI=1S/C18H19N3.ClH/c19-18-20-14-17(13-16-9-5-2-6-10-16)21(18)12-11-15-7-3-1-4-8-15;/h1-10,14H,11-13H2,(H2,19,20);1H. The molecule has 0 aliphatic rings. The third-order valence-electron chi connectivity index (χ3n) is 3.66. The van der Waals surface area contributed by atoms with E-state index in [-0.39, 0.29) is 12.4 Å². The number of anilines is 1. The lowest BCUT2D eigenvalue weighted by atomic mass is 10.1. The topological polar surface area (TPSA) is 43.8 Å². The molecular weight excluding hydrogens is 294 g/mol. The monoisotopic (exact) mass is 313 g/mol. The quantitative estimate of drug-likeness (QED) is 0.780. The lowest BCUT2D eigenvalue weighted by molar-refractivity contribution is 0.678. The molecule has 114 valence electrons. The number of nitrogens with two attached hydrogens (primary N) is 1. The number of hydrogen-bond donors (Lipinski definition) is 1. The van der Waals surface area contributed by atoms with Crippen molar-refractivity contribution in [2.45, 2.75) is 19.4 Å². The second-order valence-corrected chi connectivity index (χ2v) is 5.16. The van der Waals surface area contributed by atoms with E-state index in [1.807, 2.05) is 18.3 Å². The van der Waals surface area contributed by atoms with Gasteiger partial charge in [-0.25, -0.2) is 4.98 Å². The molecule has 0 aliphatic carbocycles. The van der Waals surface area contributed by atoms with Gasteiger partial charge in [0.05, 0.1) is 6.20 Å². The predicted octanol–water partition coefficient (Wildman–Crippen LogP) is 3.72. The smallest absolute Gasteiger partial charge is 0.200 e. The van der Waals surface area contributed by atoms with E-state index in [9.17, 15) is 0 Å². The molecule has 0 fully saturated rings. The number of hydrogen-bond acceptors (Lipinski definition) is 2. The molecular formula is C18H20ClN3. The Balaban J connectivity index is 0.00000176. The van der Waals surface area contributed by atoms with E-state index in [2.05, 4.69) is 58.1 Å². The average molecular weight is 314 g/mol. The summed E-state index contributed by atoms with van der Waals surface area (Å²) in [4.78, 5) is 4.27. The molecule has 2 N–H and O–H groups in total. The fourth-order valence-electron chi connectivity index (χ4n) is 2.52. The van der Waals surface area contributed by atoms with Crippen LogP contribution in [-0.2, 0) is 19.4 Å². The van der Waals surface area contributed by atoms with Crippen LogP contribution in [0.2, 0.25) is 0 Å².